The summed E-state index contributed by atoms with van der Waals surface area (Å²) < 4.78 is 0. The van der Waals surface area contributed by atoms with Gasteiger partial charge in [0.05, 0.1) is 5.69 Å². The van der Waals surface area contributed by atoms with E-state index >= 15 is 0 Å². The van der Waals surface area contributed by atoms with E-state index in [1.54, 1.807) is 0 Å². The molecule has 0 spiro atoms. The summed E-state index contributed by atoms with van der Waals surface area (Å²) in [5.74, 6) is 1.29. The number of nitrogens with zero attached hydrogens (tertiary/aromatic N) is 2. The van der Waals surface area contributed by atoms with Gasteiger partial charge in [0.1, 0.15) is 5.82 Å². The molecule has 1 aromatic heterocycles. The molecule has 0 bridgehead atoms. The molecule has 100 valence electrons. The molecule has 3 heteroatoms. The second-order valence-corrected chi connectivity index (χ2v) is 5.17. The fraction of sp³-hybridized carbons (Fsp3) is 0.375. The van der Waals surface area contributed by atoms with Crippen LogP contribution in [-0.4, -0.2) is 16.5 Å². The van der Waals surface area contributed by atoms with Gasteiger partial charge in [0.15, 0.2) is 0 Å². The lowest BCUT2D eigenvalue weighted by molar-refractivity contribution is 0.573. The van der Waals surface area contributed by atoms with Gasteiger partial charge in [0.2, 0.25) is 0 Å². The molecule has 1 atom stereocenters. The van der Waals surface area contributed by atoms with Gasteiger partial charge in [0, 0.05) is 17.7 Å². The Labute approximate surface area is 114 Å². The zero-order valence-corrected chi connectivity index (χ0v) is 11.9. The standard InChI is InChI=1S/C16H21N3/c1-11(10-17)8-16-18-13(3)9-15(19-16)14-7-5-4-6-12(14)2/h4-7,9,11H,8,10,17H2,1-3H3. The third-order valence-electron chi connectivity index (χ3n) is 3.25. The molecule has 0 aliphatic rings. The van der Waals surface area contributed by atoms with Gasteiger partial charge in [-0.3, -0.25) is 0 Å². The Morgan fingerprint density at radius 1 is 1.16 bits per heavy atom. The van der Waals surface area contributed by atoms with E-state index < -0.39 is 0 Å². The lowest BCUT2D eigenvalue weighted by Crippen LogP contribution is -2.15. The third kappa shape index (κ3) is 3.38. The molecule has 0 aliphatic carbocycles. The Bertz CT molecular complexity index is 564. The summed E-state index contributed by atoms with van der Waals surface area (Å²) >= 11 is 0. The van der Waals surface area contributed by atoms with Gasteiger partial charge in [-0.25, -0.2) is 9.97 Å². The minimum absolute atomic E-state index is 0.409. The summed E-state index contributed by atoms with van der Waals surface area (Å²) in [6.45, 7) is 6.91. The predicted octanol–water partition coefficient (Wildman–Crippen LogP) is 2.90. The highest BCUT2D eigenvalue weighted by atomic mass is 14.9. The van der Waals surface area contributed by atoms with Gasteiger partial charge in [-0.05, 0) is 37.9 Å². The molecular weight excluding hydrogens is 234 g/mol. The molecule has 1 heterocycles. The van der Waals surface area contributed by atoms with Crippen molar-refractivity contribution in [2.24, 2.45) is 11.7 Å². The zero-order valence-electron chi connectivity index (χ0n) is 11.9. The average molecular weight is 255 g/mol. The Morgan fingerprint density at radius 3 is 2.58 bits per heavy atom. The van der Waals surface area contributed by atoms with Crippen LogP contribution in [0.2, 0.25) is 0 Å². The molecule has 1 aromatic carbocycles. The van der Waals surface area contributed by atoms with Crippen LogP contribution in [0.15, 0.2) is 30.3 Å². The van der Waals surface area contributed by atoms with Gasteiger partial charge in [0.25, 0.3) is 0 Å². The molecule has 0 fully saturated rings. The van der Waals surface area contributed by atoms with E-state index in [9.17, 15) is 0 Å². The van der Waals surface area contributed by atoms with Gasteiger partial charge in [-0.2, -0.15) is 0 Å². The molecule has 19 heavy (non-hydrogen) atoms. The molecule has 0 amide bonds. The highest BCUT2D eigenvalue weighted by Crippen LogP contribution is 2.22. The minimum atomic E-state index is 0.409. The van der Waals surface area contributed by atoms with Crippen molar-refractivity contribution < 1.29 is 0 Å². The fourth-order valence-electron chi connectivity index (χ4n) is 2.11. The van der Waals surface area contributed by atoms with E-state index in [-0.39, 0.29) is 0 Å². The first-order valence-electron chi connectivity index (χ1n) is 6.70. The number of hydrogen-bond donors (Lipinski definition) is 1. The first kappa shape index (κ1) is 13.7. The number of nitrogens with two attached hydrogens (primary N) is 1. The van der Waals surface area contributed by atoms with E-state index in [4.69, 9.17) is 5.73 Å². The van der Waals surface area contributed by atoms with Crippen molar-refractivity contribution in [3.8, 4) is 11.3 Å². The van der Waals surface area contributed by atoms with Crippen LogP contribution in [-0.2, 0) is 6.42 Å². The van der Waals surface area contributed by atoms with Crippen LogP contribution < -0.4 is 5.73 Å². The van der Waals surface area contributed by atoms with Crippen LogP contribution in [0, 0.1) is 19.8 Å². The minimum Gasteiger partial charge on any atom is -0.330 e. The predicted molar refractivity (Wildman–Crippen MR) is 78.9 cm³/mol. The molecule has 2 rings (SSSR count). The number of aryl methyl sites for hydroxylation is 2. The van der Waals surface area contributed by atoms with Crippen LogP contribution >= 0.6 is 0 Å². The molecule has 2 aromatic rings. The smallest absolute Gasteiger partial charge is 0.129 e. The lowest BCUT2D eigenvalue weighted by Gasteiger charge is -2.11. The monoisotopic (exact) mass is 255 g/mol. The maximum atomic E-state index is 5.68. The van der Waals surface area contributed by atoms with Crippen molar-refractivity contribution in [3.05, 3.63) is 47.4 Å². The first-order chi connectivity index (χ1) is 9.10. The van der Waals surface area contributed by atoms with Crippen LogP contribution in [0.5, 0.6) is 0 Å². The number of benzene rings is 1. The summed E-state index contributed by atoms with van der Waals surface area (Å²) in [5, 5.41) is 0. The normalized spacial score (nSPS) is 12.4. The highest BCUT2D eigenvalue weighted by molar-refractivity contribution is 5.63. The van der Waals surface area contributed by atoms with Crippen molar-refractivity contribution in [2.75, 3.05) is 6.54 Å². The SMILES string of the molecule is Cc1cc(-c2ccccc2C)nc(CC(C)CN)n1. The van der Waals surface area contributed by atoms with Crippen LogP contribution in [0.3, 0.4) is 0 Å². The van der Waals surface area contributed by atoms with E-state index in [2.05, 4.69) is 35.9 Å². The molecule has 0 aliphatic heterocycles. The Morgan fingerprint density at radius 2 is 1.89 bits per heavy atom. The number of rotatable bonds is 4. The maximum Gasteiger partial charge on any atom is 0.129 e. The number of hydrogen-bond acceptors (Lipinski definition) is 3. The van der Waals surface area contributed by atoms with Gasteiger partial charge in [-0.15, -0.1) is 0 Å². The Hall–Kier alpha value is -1.74. The summed E-state index contributed by atoms with van der Waals surface area (Å²) in [5.41, 5.74) is 10.1. The van der Waals surface area contributed by atoms with Crippen LogP contribution in [0.25, 0.3) is 11.3 Å². The largest absolute Gasteiger partial charge is 0.330 e. The van der Waals surface area contributed by atoms with E-state index in [0.717, 1.165) is 23.6 Å². The topological polar surface area (TPSA) is 51.8 Å². The molecular formula is C16H21N3. The lowest BCUT2D eigenvalue weighted by atomic mass is 10.0. The average Bonchev–Trinajstić information content (AvgIpc) is 2.38. The van der Waals surface area contributed by atoms with E-state index in [1.165, 1.54) is 11.1 Å². The molecule has 3 nitrogen and oxygen atoms in total. The van der Waals surface area contributed by atoms with E-state index in [0.29, 0.717) is 12.5 Å². The summed E-state index contributed by atoms with van der Waals surface area (Å²) in [7, 11) is 0. The van der Waals surface area contributed by atoms with Crippen molar-refractivity contribution in [1.29, 1.82) is 0 Å². The van der Waals surface area contributed by atoms with Gasteiger partial charge < -0.3 is 5.73 Å². The molecule has 1 unspecified atom stereocenters. The Balaban J connectivity index is 2.39. The van der Waals surface area contributed by atoms with E-state index in [1.807, 2.05) is 25.1 Å². The van der Waals surface area contributed by atoms with Gasteiger partial charge in [-0.1, -0.05) is 31.2 Å². The fourth-order valence-corrected chi connectivity index (χ4v) is 2.11. The summed E-state index contributed by atoms with van der Waals surface area (Å²) in [6.07, 6.45) is 0.830. The first-order valence-corrected chi connectivity index (χ1v) is 6.70. The second kappa shape index (κ2) is 5.93. The highest BCUT2D eigenvalue weighted by Gasteiger charge is 2.09. The quantitative estimate of drug-likeness (QED) is 0.914. The van der Waals surface area contributed by atoms with Crippen molar-refractivity contribution in [1.82, 2.24) is 9.97 Å². The summed E-state index contributed by atoms with van der Waals surface area (Å²) in [4.78, 5) is 9.20. The van der Waals surface area contributed by atoms with Crippen LogP contribution in [0.1, 0.15) is 24.0 Å². The van der Waals surface area contributed by atoms with Crippen molar-refractivity contribution in [3.63, 3.8) is 0 Å². The molecule has 2 N–H and O–H groups in total. The van der Waals surface area contributed by atoms with Gasteiger partial charge >= 0.3 is 0 Å². The maximum absolute atomic E-state index is 5.68. The van der Waals surface area contributed by atoms with Crippen molar-refractivity contribution >= 4 is 0 Å². The third-order valence-corrected chi connectivity index (χ3v) is 3.25. The second-order valence-electron chi connectivity index (χ2n) is 5.17. The number of aromatic nitrogens is 2. The molecule has 0 radical (unpaired) electrons. The summed E-state index contributed by atoms with van der Waals surface area (Å²) in [6, 6.07) is 10.3. The zero-order chi connectivity index (χ0) is 13.8. The molecule has 0 saturated heterocycles. The van der Waals surface area contributed by atoms with Crippen molar-refractivity contribution in [2.45, 2.75) is 27.2 Å². The molecule has 0 saturated carbocycles. The van der Waals surface area contributed by atoms with Crippen LogP contribution in [0.4, 0.5) is 0 Å². The Kier molecular flexibility index (Phi) is 4.27.